The van der Waals surface area contributed by atoms with Crippen LogP contribution in [0.2, 0.25) is 0 Å². The van der Waals surface area contributed by atoms with E-state index >= 15 is 0 Å². The van der Waals surface area contributed by atoms with Gasteiger partial charge >= 0.3 is 5.97 Å². The molecule has 18 heavy (non-hydrogen) atoms. The molecule has 0 amide bonds. The Bertz CT molecular complexity index is 429. The topological polar surface area (TPSA) is 61.4 Å². The summed E-state index contributed by atoms with van der Waals surface area (Å²) in [5, 5.41) is 15.1. The van der Waals surface area contributed by atoms with Crippen LogP contribution in [0.1, 0.15) is 19.4 Å². The van der Waals surface area contributed by atoms with E-state index in [1.54, 1.807) is 0 Å². The highest BCUT2D eigenvalue weighted by Crippen LogP contribution is 2.09. The lowest BCUT2D eigenvalue weighted by Crippen LogP contribution is -2.46. The van der Waals surface area contributed by atoms with Crippen LogP contribution >= 0.6 is 12.2 Å². The number of thiocarbonyl (C=S) groups is 1. The van der Waals surface area contributed by atoms with Crippen LogP contribution in [0.15, 0.2) is 24.3 Å². The van der Waals surface area contributed by atoms with Crippen LogP contribution in [0.3, 0.4) is 0 Å². The van der Waals surface area contributed by atoms with Crippen LogP contribution in [0, 0.1) is 12.8 Å². The van der Waals surface area contributed by atoms with E-state index in [0.29, 0.717) is 5.11 Å². The number of rotatable bonds is 4. The molecule has 0 spiro atoms. The maximum absolute atomic E-state index is 11.0. The van der Waals surface area contributed by atoms with E-state index in [1.165, 1.54) is 0 Å². The molecule has 1 unspecified atom stereocenters. The Morgan fingerprint density at radius 2 is 1.83 bits per heavy atom. The van der Waals surface area contributed by atoms with Crippen molar-refractivity contribution in [2.75, 3.05) is 5.32 Å². The molecule has 4 nitrogen and oxygen atoms in total. The van der Waals surface area contributed by atoms with E-state index in [-0.39, 0.29) is 5.92 Å². The standard InChI is InChI=1S/C13H18N2O2S/c1-8(2)11(12(16)17)15-13(18)14-10-6-4-9(3)5-7-10/h4-8,11H,1-3H3,(H,16,17)(H2,14,15,18). The molecule has 3 N–H and O–H groups in total. The molecule has 1 aromatic carbocycles. The van der Waals surface area contributed by atoms with Gasteiger partial charge in [-0.3, -0.25) is 0 Å². The Hall–Kier alpha value is -1.62. The summed E-state index contributed by atoms with van der Waals surface area (Å²) >= 11 is 5.10. The molecule has 0 radical (unpaired) electrons. The minimum atomic E-state index is -0.905. The summed E-state index contributed by atoms with van der Waals surface area (Å²) < 4.78 is 0. The number of carbonyl (C=O) groups is 1. The van der Waals surface area contributed by atoms with E-state index in [1.807, 2.05) is 45.0 Å². The van der Waals surface area contributed by atoms with E-state index in [4.69, 9.17) is 17.3 Å². The number of nitrogens with one attached hydrogen (secondary N) is 2. The summed E-state index contributed by atoms with van der Waals surface area (Å²) in [6, 6.07) is 7.03. The van der Waals surface area contributed by atoms with Gasteiger partial charge in [0.1, 0.15) is 6.04 Å². The molecule has 0 saturated heterocycles. The summed E-state index contributed by atoms with van der Waals surface area (Å²) in [7, 11) is 0. The summed E-state index contributed by atoms with van der Waals surface area (Å²) in [4.78, 5) is 11.0. The van der Waals surface area contributed by atoms with E-state index in [0.717, 1.165) is 11.3 Å². The normalized spacial score (nSPS) is 12.0. The van der Waals surface area contributed by atoms with Crippen LogP contribution < -0.4 is 10.6 Å². The zero-order valence-electron chi connectivity index (χ0n) is 10.7. The van der Waals surface area contributed by atoms with Crippen molar-refractivity contribution < 1.29 is 9.90 Å². The number of aryl methyl sites for hydroxylation is 1. The van der Waals surface area contributed by atoms with Gasteiger partial charge < -0.3 is 15.7 Å². The fraction of sp³-hybridized carbons (Fsp3) is 0.385. The Labute approximate surface area is 112 Å². The highest BCUT2D eigenvalue weighted by molar-refractivity contribution is 7.80. The minimum absolute atomic E-state index is 0.0414. The molecule has 1 aromatic rings. The number of aliphatic carboxylic acids is 1. The fourth-order valence-electron chi connectivity index (χ4n) is 1.46. The summed E-state index contributed by atoms with van der Waals surface area (Å²) in [5.41, 5.74) is 2.00. The molecule has 0 aliphatic carbocycles. The number of carboxylic acid groups (broad SMARTS) is 1. The summed E-state index contributed by atoms with van der Waals surface area (Å²) in [6.45, 7) is 5.67. The Morgan fingerprint density at radius 3 is 2.28 bits per heavy atom. The molecule has 1 rings (SSSR count). The lowest BCUT2D eigenvalue weighted by atomic mass is 10.1. The lowest BCUT2D eigenvalue weighted by molar-refractivity contribution is -0.140. The van der Waals surface area contributed by atoms with Gasteiger partial charge in [0, 0.05) is 5.69 Å². The molecule has 5 heteroatoms. The van der Waals surface area contributed by atoms with Crippen molar-refractivity contribution in [3.63, 3.8) is 0 Å². The smallest absolute Gasteiger partial charge is 0.326 e. The van der Waals surface area contributed by atoms with Crippen molar-refractivity contribution in [1.82, 2.24) is 5.32 Å². The van der Waals surface area contributed by atoms with Crippen molar-refractivity contribution in [3.05, 3.63) is 29.8 Å². The molecule has 0 fully saturated rings. The second kappa shape index (κ2) is 6.35. The first-order valence-corrected chi connectivity index (χ1v) is 6.18. The summed E-state index contributed by atoms with van der Waals surface area (Å²) in [6.07, 6.45) is 0. The number of anilines is 1. The average Bonchev–Trinajstić information content (AvgIpc) is 2.28. The molecule has 0 saturated carbocycles. The van der Waals surface area contributed by atoms with Crippen LogP contribution in [-0.2, 0) is 4.79 Å². The molecular weight excluding hydrogens is 248 g/mol. The van der Waals surface area contributed by atoms with Crippen molar-refractivity contribution in [2.24, 2.45) is 5.92 Å². The van der Waals surface area contributed by atoms with Gasteiger partial charge in [-0.25, -0.2) is 4.79 Å². The quantitative estimate of drug-likeness (QED) is 0.730. The van der Waals surface area contributed by atoms with Crippen molar-refractivity contribution in [1.29, 1.82) is 0 Å². The van der Waals surface area contributed by atoms with E-state index in [2.05, 4.69) is 10.6 Å². The van der Waals surface area contributed by atoms with Gasteiger partial charge in [0.15, 0.2) is 5.11 Å². The molecule has 0 aromatic heterocycles. The minimum Gasteiger partial charge on any atom is -0.480 e. The Morgan fingerprint density at radius 1 is 1.28 bits per heavy atom. The monoisotopic (exact) mass is 266 g/mol. The highest BCUT2D eigenvalue weighted by Gasteiger charge is 2.21. The number of hydrogen-bond donors (Lipinski definition) is 3. The largest absolute Gasteiger partial charge is 0.480 e. The second-order valence-corrected chi connectivity index (χ2v) is 4.93. The van der Waals surface area contributed by atoms with E-state index < -0.39 is 12.0 Å². The van der Waals surface area contributed by atoms with Gasteiger partial charge in [-0.1, -0.05) is 31.5 Å². The fourth-order valence-corrected chi connectivity index (χ4v) is 1.70. The molecule has 0 aliphatic heterocycles. The van der Waals surface area contributed by atoms with E-state index in [9.17, 15) is 4.79 Å². The zero-order valence-corrected chi connectivity index (χ0v) is 11.5. The van der Waals surface area contributed by atoms with Gasteiger partial charge in [-0.15, -0.1) is 0 Å². The van der Waals surface area contributed by atoms with Gasteiger partial charge in [0.2, 0.25) is 0 Å². The Kier molecular flexibility index (Phi) is 5.09. The van der Waals surface area contributed by atoms with Gasteiger partial charge in [0.05, 0.1) is 0 Å². The number of benzene rings is 1. The predicted octanol–water partition coefficient (Wildman–Crippen LogP) is 2.39. The second-order valence-electron chi connectivity index (χ2n) is 4.52. The molecule has 1 atom stereocenters. The lowest BCUT2D eigenvalue weighted by Gasteiger charge is -2.20. The van der Waals surface area contributed by atoms with Crippen molar-refractivity contribution in [3.8, 4) is 0 Å². The third-order valence-corrected chi connectivity index (χ3v) is 2.75. The molecule has 0 bridgehead atoms. The molecule has 0 aliphatic rings. The first kappa shape index (κ1) is 14.4. The molecule has 0 heterocycles. The summed E-state index contributed by atoms with van der Waals surface area (Å²) in [5.74, 6) is -0.946. The highest BCUT2D eigenvalue weighted by atomic mass is 32.1. The maximum atomic E-state index is 11.0. The predicted molar refractivity (Wildman–Crippen MR) is 76.8 cm³/mol. The van der Waals surface area contributed by atoms with Crippen molar-refractivity contribution >= 4 is 29.0 Å². The van der Waals surface area contributed by atoms with Crippen LogP contribution in [0.25, 0.3) is 0 Å². The third kappa shape index (κ3) is 4.33. The molecular formula is C13H18N2O2S. The van der Waals surface area contributed by atoms with Gasteiger partial charge in [0.25, 0.3) is 0 Å². The van der Waals surface area contributed by atoms with Crippen LogP contribution in [0.5, 0.6) is 0 Å². The first-order chi connectivity index (χ1) is 8.40. The zero-order chi connectivity index (χ0) is 13.7. The van der Waals surface area contributed by atoms with Gasteiger partial charge in [-0.2, -0.15) is 0 Å². The van der Waals surface area contributed by atoms with Gasteiger partial charge in [-0.05, 0) is 37.2 Å². The Balaban J connectivity index is 2.60. The van der Waals surface area contributed by atoms with Crippen LogP contribution in [0.4, 0.5) is 5.69 Å². The van der Waals surface area contributed by atoms with Crippen molar-refractivity contribution in [2.45, 2.75) is 26.8 Å². The number of carboxylic acids is 1. The maximum Gasteiger partial charge on any atom is 0.326 e. The average molecular weight is 266 g/mol. The molecule has 98 valence electrons. The number of hydrogen-bond acceptors (Lipinski definition) is 2. The van der Waals surface area contributed by atoms with Crippen LogP contribution in [-0.4, -0.2) is 22.2 Å². The third-order valence-electron chi connectivity index (χ3n) is 2.53. The SMILES string of the molecule is Cc1ccc(NC(=S)NC(C(=O)O)C(C)C)cc1. The first-order valence-electron chi connectivity index (χ1n) is 5.77.